The molecule has 0 saturated heterocycles. The molecular formula is C14H18N2O4. The first-order chi connectivity index (χ1) is 9.54. The third kappa shape index (κ3) is 3.88. The zero-order valence-corrected chi connectivity index (χ0v) is 11.6. The molecule has 6 heteroatoms. The Bertz CT molecular complexity index is 516. The molecule has 2 amide bonds. The van der Waals surface area contributed by atoms with Gasteiger partial charge in [-0.05, 0) is 24.1 Å². The summed E-state index contributed by atoms with van der Waals surface area (Å²) in [5.41, 5.74) is 1.05. The van der Waals surface area contributed by atoms with Gasteiger partial charge in [-0.3, -0.25) is 9.59 Å². The first kappa shape index (κ1) is 14.2. The summed E-state index contributed by atoms with van der Waals surface area (Å²) in [5, 5.41) is 5.39. The van der Waals surface area contributed by atoms with E-state index in [9.17, 15) is 9.59 Å². The summed E-state index contributed by atoms with van der Waals surface area (Å²) in [6.07, 6.45) is 0.274. The van der Waals surface area contributed by atoms with E-state index in [1.165, 1.54) is 13.8 Å². The molecule has 1 aromatic rings. The smallest absolute Gasteiger partial charge is 0.219 e. The minimum Gasteiger partial charge on any atom is -0.484 e. The highest BCUT2D eigenvalue weighted by molar-refractivity contribution is 5.73. The standard InChI is InChI=1S/C14H18N2O4/c1-9(17)15-6-5-11-3-4-12-13(7-11)19-8-14(20-12)16-10(2)18/h3-4,7,14H,5-6,8H2,1-2H3,(H,15,17)(H,16,18). The third-order valence-corrected chi connectivity index (χ3v) is 2.82. The number of rotatable bonds is 4. The predicted molar refractivity (Wildman–Crippen MR) is 72.6 cm³/mol. The van der Waals surface area contributed by atoms with Crippen molar-refractivity contribution in [3.05, 3.63) is 23.8 Å². The fourth-order valence-corrected chi connectivity index (χ4v) is 1.95. The Hall–Kier alpha value is -2.24. The van der Waals surface area contributed by atoms with Crippen LogP contribution in [-0.4, -0.2) is 31.2 Å². The average Bonchev–Trinajstić information content (AvgIpc) is 2.37. The maximum atomic E-state index is 11.0. The Labute approximate surface area is 117 Å². The zero-order chi connectivity index (χ0) is 14.5. The average molecular weight is 278 g/mol. The van der Waals surface area contributed by atoms with E-state index in [-0.39, 0.29) is 18.4 Å². The first-order valence-corrected chi connectivity index (χ1v) is 6.48. The lowest BCUT2D eigenvalue weighted by Gasteiger charge is -2.27. The topological polar surface area (TPSA) is 76.7 Å². The van der Waals surface area contributed by atoms with Gasteiger partial charge in [0.15, 0.2) is 11.5 Å². The number of amides is 2. The van der Waals surface area contributed by atoms with Crippen molar-refractivity contribution in [2.24, 2.45) is 0 Å². The molecule has 0 aliphatic carbocycles. The minimum atomic E-state index is -0.453. The number of benzene rings is 1. The molecule has 0 aromatic heterocycles. The highest BCUT2D eigenvalue weighted by Gasteiger charge is 2.21. The van der Waals surface area contributed by atoms with Crippen molar-refractivity contribution in [2.45, 2.75) is 26.5 Å². The van der Waals surface area contributed by atoms with Crippen LogP contribution in [0.3, 0.4) is 0 Å². The maximum absolute atomic E-state index is 11.0. The highest BCUT2D eigenvalue weighted by Crippen LogP contribution is 2.32. The van der Waals surface area contributed by atoms with Gasteiger partial charge in [0, 0.05) is 20.4 Å². The van der Waals surface area contributed by atoms with Crippen molar-refractivity contribution in [1.29, 1.82) is 0 Å². The van der Waals surface area contributed by atoms with Crippen molar-refractivity contribution in [3.63, 3.8) is 0 Å². The van der Waals surface area contributed by atoms with Gasteiger partial charge < -0.3 is 20.1 Å². The lowest BCUT2D eigenvalue weighted by atomic mass is 10.1. The zero-order valence-electron chi connectivity index (χ0n) is 11.6. The van der Waals surface area contributed by atoms with E-state index in [0.717, 1.165) is 12.0 Å². The summed E-state index contributed by atoms with van der Waals surface area (Å²) >= 11 is 0. The Morgan fingerprint density at radius 2 is 2.05 bits per heavy atom. The number of ether oxygens (including phenoxy) is 2. The van der Waals surface area contributed by atoms with E-state index in [0.29, 0.717) is 18.0 Å². The number of carbonyl (C=O) groups is 2. The van der Waals surface area contributed by atoms with Crippen molar-refractivity contribution >= 4 is 11.8 Å². The van der Waals surface area contributed by atoms with Crippen LogP contribution in [0.15, 0.2) is 18.2 Å². The van der Waals surface area contributed by atoms with E-state index >= 15 is 0 Å². The van der Waals surface area contributed by atoms with Gasteiger partial charge >= 0.3 is 0 Å². The molecule has 1 heterocycles. The van der Waals surface area contributed by atoms with Gasteiger partial charge in [0.25, 0.3) is 0 Å². The molecule has 1 aromatic carbocycles. The molecule has 0 spiro atoms. The molecule has 1 atom stereocenters. The normalized spacial score (nSPS) is 16.4. The number of hydrogen-bond donors (Lipinski definition) is 2. The predicted octanol–water partition coefficient (Wildman–Crippen LogP) is 0.599. The largest absolute Gasteiger partial charge is 0.484 e. The number of fused-ring (bicyclic) bond motifs is 1. The molecule has 0 bridgehead atoms. The van der Waals surface area contributed by atoms with E-state index in [1.54, 1.807) is 0 Å². The van der Waals surface area contributed by atoms with Gasteiger partial charge in [-0.2, -0.15) is 0 Å². The summed E-state index contributed by atoms with van der Waals surface area (Å²) in [6, 6.07) is 5.62. The van der Waals surface area contributed by atoms with Crippen molar-refractivity contribution in [3.8, 4) is 11.5 Å². The fourth-order valence-electron chi connectivity index (χ4n) is 1.95. The van der Waals surface area contributed by atoms with Crippen LogP contribution in [0.25, 0.3) is 0 Å². The first-order valence-electron chi connectivity index (χ1n) is 6.48. The van der Waals surface area contributed by atoms with E-state index in [1.807, 2.05) is 18.2 Å². The Balaban J connectivity index is 1.96. The molecule has 0 saturated carbocycles. The lowest BCUT2D eigenvalue weighted by Crippen LogP contribution is -2.44. The van der Waals surface area contributed by atoms with Crippen molar-refractivity contribution in [1.82, 2.24) is 10.6 Å². The van der Waals surface area contributed by atoms with Crippen LogP contribution in [0.4, 0.5) is 0 Å². The monoisotopic (exact) mass is 278 g/mol. The van der Waals surface area contributed by atoms with Gasteiger partial charge in [-0.1, -0.05) is 6.07 Å². The summed E-state index contributed by atoms with van der Waals surface area (Å²) in [4.78, 5) is 21.8. The van der Waals surface area contributed by atoms with E-state index in [4.69, 9.17) is 9.47 Å². The Kier molecular flexibility index (Phi) is 4.45. The van der Waals surface area contributed by atoms with Crippen LogP contribution in [0, 0.1) is 0 Å². The molecule has 0 fully saturated rings. The SMILES string of the molecule is CC(=O)NCCc1ccc2c(c1)OCC(NC(C)=O)O2. The lowest BCUT2D eigenvalue weighted by molar-refractivity contribution is -0.122. The van der Waals surface area contributed by atoms with Crippen LogP contribution in [0.5, 0.6) is 11.5 Å². The number of hydrogen-bond acceptors (Lipinski definition) is 4. The second-order valence-corrected chi connectivity index (χ2v) is 4.63. The van der Waals surface area contributed by atoms with Gasteiger partial charge in [0.05, 0.1) is 0 Å². The molecule has 0 radical (unpaired) electrons. The Morgan fingerprint density at radius 3 is 2.75 bits per heavy atom. The molecule has 2 rings (SSSR count). The second-order valence-electron chi connectivity index (χ2n) is 4.63. The van der Waals surface area contributed by atoms with Gasteiger partial charge in [-0.15, -0.1) is 0 Å². The minimum absolute atomic E-state index is 0.0410. The quantitative estimate of drug-likeness (QED) is 0.845. The molecule has 1 aliphatic rings. The Morgan fingerprint density at radius 1 is 1.25 bits per heavy atom. The van der Waals surface area contributed by atoms with Crippen LogP contribution < -0.4 is 20.1 Å². The molecule has 2 N–H and O–H groups in total. The van der Waals surface area contributed by atoms with Crippen LogP contribution in [0.1, 0.15) is 19.4 Å². The van der Waals surface area contributed by atoms with Crippen molar-refractivity contribution < 1.29 is 19.1 Å². The molecule has 1 unspecified atom stereocenters. The van der Waals surface area contributed by atoms with Crippen LogP contribution in [0.2, 0.25) is 0 Å². The van der Waals surface area contributed by atoms with Gasteiger partial charge in [0.2, 0.25) is 18.0 Å². The molecule has 6 nitrogen and oxygen atoms in total. The van der Waals surface area contributed by atoms with Crippen LogP contribution in [-0.2, 0) is 16.0 Å². The summed E-state index contributed by atoms with van der Waals surface area (Å²) in [7, 11) is 0. The number of carbonyl (C=O) groups excluding carboxylic acids is 2. The van der Waals surface area contributed by atoms with Gasteiger partial charge in [-0.25, -0.2) is 0 Å². The van der Waals surface area contributed by atoms with Gasteiger partial charge in [0.1, 0.15) is 6.61 Å². The molecule has 108 valence electrons. The van der Waals surface area contributed by atoms with Crippen LogP contribution >= 0.6 is 0 Å². The summed E-state index contributed by atoms with van der Waals surface area (Å²) in [5.74, 6) is 1.07. The fraction of sp³-hybridized carbons (Fsp3) is 0.429. The summed E-state index contributed by atoms with van der Waals surface area (Å²) < 4.78 is 11.2. The van der Waals surface area contributed by atoms with E-state index < -0.39 is 6.23 Å². The summed E-state index contributed by atoms with van der Waals surface area (Å²) in [6.45, 7) is 3.79. The molecule has 1 aliphatic heterocycles. The van der Waals surface area contributed by atoms with E-state index in [2.05, 4.69) is 10.6 Å². The van der Waals surface area contributed by atoms with Crippen molar-refractivity contribution in [2.75, 3.05) is 13.2 Å². The molecular weight excluding hydrogens is 260 g/mol. The number of nitrogens with one attached hydrogen (secondary N) is 2. The molecule has 20 heavy (non-hydrogen) atoms. The third-order valence-electron chi connectivity index (χ3n) is 2.82. The second kappa shape index (κ2) is 6.27. The highest BCUT2D eigenvalue weighted by atomic mass is 16.6. The maximum Gasteiger partial charge on any atom is 0.219 e.